The largest absolute Gasteiger partial charge is 0.463 e. The molecule has 1 aromatic rings. The lowest BCUT2D eigenvalue weighted by Crippen LogP contribution is -2.25. The van der Waals surface area contributed by atoms with Gasteiger partial charge in [0.15, 0.2) is 0 Å². The van der Waals surface area contributed by atoms with Crippen molar-refractivity contribution in [3.8, 4) is 0 Å². The molecule has 1 atom stereocenters. The number of benzene rings is 1. The molecular formula is C16H18ClNO5S. The van der Waals surface area contributed by atoms with Crippen molar-refractivity contribution in [2.24, 2.45) is 5.92 Å². The maximum atomic E-state index is 12.1. The van der Waals surface area contributed by atoms with Gasteiger partial charge in [0, 0.05) is 41.3 Å². The third kappa shape index (κ3) is 5.35. The lowest BCUT2D eigenvalue weighted by molar-refractivity contribution is -0.137. The number of ether oxygens (including phenoxy) is 1. The zero-order chi connectivity index (χ0) is 17.7. The van der Waals surface area contributed by atoms with Crippen molar-refractivity contribution in [2.45, 2.75) is 13.3 Å². The maximum absolute atomic E-state index is 12.1. The van der Waals surface area contributed by atoms with Gasteiger partial charge in [-0.05, 0) is 30.7 Å². The van der Waals surface area contributed by atoms with Crippen LogP contribution in [0.1, 0.15) is 18.9 Å². The summed E-state index contributed by atoms with van der Waals surface area (Å²) in [4.78, 5) is 24.9. The fraction of sp³-hybridized carbons (Fsp3) is 0.375. The minimum absolute atomic E-state index is 0.130. The second kappa shape index (κ2) is 7.81. The van der Waals surface area contributed by atoms with Crippen molar-refractivity contribution < 1.29 is 22.7 Å². The summed E-state index contributed by atoms with van der Waals surface area (Å²) in [6.45, 7) is 2.37. The predicted octanol–water partition coefficient (Wildman–Crippen LogP) is 2.18. The van der Waals surface area contributed by atoms with Crippen molar-refractivity contribution in [1.29, 1.82) is 0 Å². The second-order valence-electron chi connectivity index (χ2n) is 5.46. The van der Waals surface area contributed by atoms with E-state index >= 15 is 0 Å². The lowest BCUT2D eigenvalue weighted by Gasteiger charge is -2.16. The highest BCUT2D eigenvalue weighted by Gasteiger charge is 2.33. The molecule has 1 unspecified atom stereocenters. The van der Waals surface area contributed by atoms with Gasteiger partial charge in [-0.2, -0.15) is 0 Å². The number of hydrogen-bond acceptors (Lipinski definition) is 5. The van der Waals surface area contributed by atoms with E-state index in [-0.39, 0.29) is 24.0 Å². The summed E-state index contributed by atoms with van der Waals surface area (Å²) in [5, 5.41) is 0. The fourth-order valence-corrected chi connectivity index (χ4v) is 3.87. The lowest BCUT2D eigenvalue weighted by atomic mass is 10.1. The molecule has 0 spiro atoms. The first-order chi connectivity index (χ1) is 11.3. The van der Waals surface area contributed by atoms with E-state index in [0.29, 0.717) is 18.8 Å². The van der Waals surface area contributed by atoms with Crippen molar-refractivity contribution in [2.75, 3.05) is 23.8 Å². The van der Waals surface area contributed by atoms with E-state index in [0.717, 1.165) is 5.56 Å². The van der Waals surface area contributed by atoms with Crippen molar-refractivity contribution in [3.63, 3.8) is 0 Å². The summed E-state index contributed by atoms with van der Waals surface area (Å²) in [7, 11) is 1.63. The molecule has 1 fully saturated rings. The number of halogens is 1. The van der Waals surface area contributed by atoms with Crippen LogP contribution in [0.25, 0.3) is 6.08 Å². The topological polar surface area (TPSA) is 80.8 Å². The van der Waals surface area contributed by atoms with Gasteiger partial charge in [0.05, 0.1) is 12.4 Å². The van der Waals surface area contributed by atoms with Gasteiger partial charge >= 0.3 is 5.97 Å². The highest BCUT2D eigenvalue weighted by molar-refractivity contribution is 8.13. The monoisotopic (exact) mass is 371 g/mol. The quantitative estimate of drug-likeness (QED) is 0.435. The molecule has 2 rings (SSSR count). The first kappa shape index (κ1) is 18.5. The first-order valence-electron chi connectivity index (χ1n) is 7.46. The molecule has 24 heavy (non-hydrogen) atoms. The Morgan fingerprint density at radius 3 is 2.62 bits per heavy atom. The van der Waals surface area contributed by atoms with Crippen LogP contribution in [0.5, 0.6) is 0 Å². The van der Waals surface area contributed by atoms with Crippen LogP contribution in [-0.4, -0.2) is 39.2 Å². The number of anilines is 1. The molecule has 6 nitrogen and oxygen atoms in total. The molecule has 1 heterocycles. The van der Waals surface area contributed by atoms with Gasteiger partial charge in [-0.3, -0.25) is 4.79 Å². The number of amides is 1. The van der Waals surface area contributed by atoms with E-state index in [9.17, 15) is 18.0 Å². The van der Waals surface area contributed by atoms with Gasteiger partial charge in [0.2, 0.25) is 15.0 Å². The Balaban J connectivity index is 2.03. The Morgan fingerprint density at radius 1 is 1.38 bits per heavy atom. The highest BCUT2D eigenvalue weighted by Crippen LogP contribution is 2.27. The summed E-state index contributed by atoms with van der Waals surface area (Å²) in [5.41, 5.74) is 1.47. The Labute approximate surface area is 145 Å². The molecule has 130 valence electrons. The molecule has 1 aliphatic heterocycles. The highest BCUT2D eigenvalue weighted by atomic mass is 35.7. The van der Waals surface area contributed by atoms with E-state index in [1.165, 1.54) is 6.08 Å². The molecule has 1 aliphatic rings. The van der Waals surface area contributed by atoms with E-state index in [1.54, 1.807) is 42.2 Å². The summed E-state index contributed by atoms with van der Waals surface area (Å²) in [6.07, 6.45) is 3.12. The summed E-state index contributed by atoms with van der Waals surface area (Å²) >= 11 is 0. The molecule has 0 radical (unpaired) electrons. The van der Waals surface area contributed by atoms with Gasteiger partial charge in [0.25, 0.3) is 0 Å². The fourth-order valence-electron chi connectivity index (χ4n) is 2.54. The van der Waals surface area contributed by atoms with Gasteiger partial charge in [-0.1, -0.05) is 12.1 Å². The number of rotatable bonds is 6. The van der Waals surface area contributed by atoms with Crippen LogP contribution in [0.3, 0.4) is 0 Å². The number of nitrogens with zero attached hydrogens (tertiary/aromatic N) is 1. The predicted molar refractivity (Wildman–Crippen MR) is 92.2 cm³/mol. The first-order valence-corrected chi connectivity index (χ1v) is 9.94. The zero-order valence-electron chi connectivity index (χ0n) is 13.1. The Bertz CT molecular complexity index is 742. The molecule has 1 saturated heterocycles. The molecule has 0 bridgehead atoms. The maximum Gasteiger partial charge on any atom is 0.330 e. The summed E-state index contributed by atoms with van der Waals surface area (Å²) < 4.78 is 27.1. The molecule has 0 aromatic heterocycles. The van der Waals surface area contributed by atoms with Crippen LogP contribution in [0.2, 0.25) is 0 Å². The summed E-state index contributed by atoms with van der Waals surface area (Å²) in [5.74, 6) is -1.06. The molecule has 0 aliphatic carbocycles. The van der Waals surface area contributed by atoms with Crippen molar-refractivity contribution in [1.82, 2.24) is 0 Å². The van der Waals surface area contributed by atoms with Crippen molar-refractivity contribution >= 4 is 43.4 Å². The molecule has 8 heteroatoms. The van der Waals surface area contributed by atoms with Crippen LogP contribution in [0.15, 0.2) is 30.3 Å². The molecular weight excluding hydrogens is 354 g/mol. The number of carbonyl (C=O) groups is 2. The van der Waals surface area contributed by atoms with Gasteiger partial charge in [-0.15, -0.1) is 0 Å². The molecule has 1 amide bonds. The smallest absolute Gasteiger partial charge is 0.330 e. The number of carbonyl (C=O) groups excluding carboxylic acids is 2. The Kier molecular flexibility index (Phi) is 6.01. The van der Waals surface area contributed by atoms with E-state index in [2.05, 4.69) is 0 Å². The van der Waals surface area contributed by atoms with E-state index < -0.39 is 15.0 Å². The zero-order valence-corrected chi connectivity index (χ0v) is 14.7. The normalized spacial score (nSPS) is 18.3. The minimum atomic E-state index is -3.62. The van der Waals surface area contributed by atoms with E-state index in [4.69, 9.17) is 15.4 Å². The summed E-state index contributed by atoms with van der Waals surface area (Å²) in [6, 6.07) is 7.04. The van der Waals surface area contributed by atoms with Crippen LogP contribution in [-0.2, 0) is 23.4 Å². The van der Waals surface area contributed by atoms with Crippen LogP contribution < -0.4 is 4.90 Å². The Morgan fingerprint density at radius 2 is 2.04 bits per heavy atom. The molecule has 0 saturated carbocycles. The van der Waals surface area contributed by atoms with Crippen LogP contribution in [0.4, 0.5) is 5.69 Å². The minimum Gasteiger partial charge on any atom is -0.463 e. The average molecular weight is 372 g/mol. The molecule has 1 aromatic carbocycles. The molecule has 0 N–H and O–H groups in total. The van der Waals surface area contributed by atoms with Crippen LogP contribution in [0, 0.1) is 5.92 Å². The standard InChI is InChI=1S/C16H18ClNO5S/c1-2-23-16(20)8-5-12-3-6-14(7-4-12)18-10-13(9-15(18)19)11-24(17,21)22/h3-8,13H,2,9-11H2,1H3/b8-5+. The number of hydrogen-bond donors (Lipinski definition) is 0. The SMILES string of the molecule is CCOC(=O)/C=C/c1ccc(N2CC(CS(=O)(=O)Cl)CC2=O)cc1. The third-order valence-corrected chi connectivity index (χ3v) is 4.79. The number of esters is 1. The van der Waals surface area contributed by atoms with E-state index in [1.807, 2.05) is 0 Å². The second-order valence-corrected chi connectivity index (χ2v) is 8.28. The van der Waals surface area contributed by atoms with Gasteiger partial charge < -0.3 is 9.64 Å². The van der Waals surface area contributed by atoms with Gasteiger partial charge in [-0.25, -0.2) is 13.2 Å². The Hall–Kier alpha value is -1.86. The average Bonchev–Trinajstić information content (AvgIpc) is 2.84. The third-order valence-electron chi connectivity index (χ3n) is 3.54. The van der Waals surface area contributed by atoms with Crippen molar-refractivity contribution in [3.05, 3.63) is 35.9 Å². The van der Waals surface area contributed by atoms with Gasteiger partial charge in [0.1, 0.15) is 0 Å². The van der Waals surface area contributed by atoms with Crippen LogP contribution >= 0.6 is 10.7 Å².